The fraction of sp³-hybridized carbons (Fsp3) is 0.227. The minimum atomic E-state index is -0.0867. The maximum Gasteiger partial charge on any atom is 0.244 e. The molecule has 2 heterocycles. The van der Waals surface area contributed by atoms with E-state index in [0.717, 1.165) is 28.0 Å². The molecule has 0 saturated carbocycles. The number of aromatic nitrogens is 3. The van der Waals surface area contributed by atoms with Crippen molar-refractivity contribution in [3.63, 3.8) is 0 Å². The number of rotatable bonds is 4. The number of nitrogens with zero attached hydrogens (tertiary/aromatic N) is 3. The van der Waals surface area contributed by atoms with Crippen LogP contribution in [-0.4, -0.2) is 20.4 Å². The van der Waals surface area contributed by atoms with E-state index in [9.17, 15) is 4.79 Å². The zero-order valence-electron chi connectivity index (χ0n) is 16.1. The highest BCUT2D eigenvalue weighted by atomic mass is 32.1. The molecule has 0 atom stereocenters. The molecule has 0 bridgehead atoms. The number of carbonyl (C=O) groups excluding carboxylic acids is 1. The van der Waals surface area contributed by atoms with Gasteiger partial charge >= 0.3 is 0 Å². The summed E-state index contributed by atoms with van der Waals surface area (Å²) in [6.07, 6.45) is 0. The largest absolute Gasteiger partial charge is 0.324 e. The first kappa shape index (κ1) is 18.4. The number of para-hydroxylation sites is 3. The normalized spacial score (nSPS) is 11.7. The van der Waals surface area contributed by atoms with Crippen LogP contribution in [0.15, 0.2) is 59.4 Å². The Hall–Kier alpha value is -2.99. The Morgan fingerprint density at radius 1 is 1.11 bits per heavy atom. The van der Waals surface area contributed by atoms with Crippen molar-refractivity contribution in [1.29, 1.82) is 0 Å². The van der Waals surface area contributed by atoms with Gasteiger partial charge in [-0.2, -0.15) is 0 Å². The number of fused-ring (bicyclic) bond motifs is 1. The smallest absolute Gasteiger partial charge is 0.244 e. The standard InChI is InChI=1S/C22H22N4OS/c1-22(2,3)15-8-4-5-9-16(15)24-20(27)12-26-19-11-7-6-10-17(19)25-21(26)18-13-28-14-23-18/h4-11,13-14H,12H2,1-3H3,(H,24,27). The minimum Gasteiger partial charge on any atom is -0.324 e. The first-order valence-electron chi connectivity index (χ1n) is 9.16. The molecule has 0 saturated heterocycles. The van der Waals surface area contributed by atoms with Crippen LogP contribution in [0.4, 0.5) is 5.69 Å². The Morgan fingerprint density at radius 2 is 1.86 bits per heavy atom. The van der Waals surface area contributed by atoms with Gasteiger partial charge in [0.2, 0.25) is 5.91 Å². The minimum absolute atomic E-state index is 0.0582. The molecule has 1 N–H and O–H groups in total. The Bertz CT molecular complexity index is 1120. The van der Waals surface area contributed by atoms with Gasteiger partial charge in [-0.25, -0.2) is 9.97 Å². The molecular formula is C22H22N4OS. The second-order valence-electron chi connectivity index (χ2n) is 7.73. The lowest BCUT2D eigenvalue weighted by Gasteiger charge is -2.23. The second kappa shape index (κ2) is 7.20. The molecule has 0 aliphatic heterocycles. The fourth-order valence-electron chi connectivity index (χ4n) is 3.33. The van der Waals surface area contributed by atoms with Crippen molar-refractivity contribution in [3.8, 4) is 11.5 Å². The van der Waals surface area contributed by atoms with E-state index in [1.54, 1.807) is 5.51 Å². The van der Waals surface area contributed by atoms with Crippen molar-refractivity contribution >= 4 is 34.0 Å². The molecule has 5 nitrogen and oxygen atoms in total. The lowest BCUT2D eigenvalue weighted by atomic mass is 9.86. The van der Waals surface area contributed by atoms with Crippen molar-refractivity contribution in [2.24, 2.45) is 0 Å². The van der Waals surface area contributed by atoms with Crippen LogP contribution in [0, 0.1) is 0 Å². The van der Waals surface area contributed by atoms with Crippen LogP contribution in [0.5, 0.6) is 0 Å². The van der Waals surface area contributed by atoms with Crippen LogP contribution in [0.1, 0.15) is 26.3 Å². The summed E-state index contributed by atoms with van der Waals surface area (Å²) in [6, 6.07) is 15.8. The van der Waals surface area contributed by atoms with E-state index in [0.29, 0.717) is 5.82 Å². The van der Waals surface area contributed by atoms with Gasteiger partial charge in [0.15, 0.2) is 5.82 Å². The van der Waals surface area contributed by atoms with Gasteiger partial charge in [-0.05, 0) is 29.2 Å². The maximum absolute atomic E-state index is 12.9. The van der Waals surface area contributed by atoms with Crippen LogP contribution >= 0.6 is 11.3 Å². The molecule has 0 aliphatic carbocycles. The maximum atomic E-state index is 12.9. The lowest BCUT2D eigenvalue weighted by molar-refractivity contribution is -0.116. The number of hydrogen-bond acceptors (Lipinski definition) is 4. The van der Waals surface area contributed by atoms with Gasteiger partial charge in [-0.1, -0.05) is 51.1 Å². The summed E-state index contributed by atoms with van der Waals surface area (Å²) in [6.45, 7) is 6.59. The van der Waals surface area contributed by atoms with E-state index in [1.807, 2.05) is 52.4 Å². The van der Waals surface area contributed by atoms with E-state index in [2.05, 4.69) is 37.1 Å². The van der Waals surface area contributed by atoms with E-state index in [4.69, 9.17) is 4.98 Å². The summed E-state index contributed by atoms with van der Waals surface area (Å²) in [7, 11) is 0. The quantitative estimate of drug-likeness (QED) is 0.528. The summed E-state index contributed by atoms with van der Waals surface area (Å²) in [5.74, 6) is 0.623. The lowest BCUT2D eigenvalue weighted by Crippen LogP contribution is -2.22. The molecule has 4 aromatic rings. The number of imidazole rings is 1. The van der Waals surface area contributed by atoms with E-state index >= 15 is 0 Å². The third-order valence-electron chi connectivity index (χ3n) is 4.63. The molecule has 0 radical (unpaired) electrons. The molecule has 0 aliphatic rings. The van der Waals surface area contributed by atoms with Gasteiger partial charge in [0.1, 0.15) is 12.2 Å². The van der Waals surface area contributed by atoms with E-state index in [1.165, 1.54) is 11.3 Å². The van der Waals surface area contributed by atoms with Crippen LogP contribution in [-0.2, 0) is 16.8 Å². The zero-order valence-corrected chi connectivity index (χ0v) is 17.0. The molecule has 2 aromatic carbocycles. The van der Waals surface area contributed by atoms with Gasteiger partial charge < -0.3 is 9.88 Å². The zero-order chi connectivity index (χ0) is 19.7. The summed E-state index contributed by atoms with van der Waals surface area (Å²) in [5.41, 5.74) is 6.23. The van der Waals surface area contributed by atoms with Crippen LogP contribution in [0.2, 0.25) is 0 Å². The van der Waals surface area contributed by atoms with E-state index in [-0.39, 0.29) is 17.9 Å². The summed E-state index contributed by atoms with van der Waals surface area (Å²) in [5, 5.41) is 5.04. The third kappa shape index (κ3) is 3.55. The first-order chi connectivity index (χ1) is 13.4. The highest BCUT2D eigenvalue weighted by molar-refractivity contribution is 7.07. The first-order valence-corrected chi connectivity index (χ1v) is 10.1. The topological polar surface area (TPSA) is 59.8 Å². The van der Waals surface area contributed by atoms with Crippen molar-refractivity contribution in [3.05, 3.63) is 65.0 Å². The van der Waals surface area contributed by atoms with Gasteiger partial charge in [0.05, 0.1) is 16.5 Å². The average Bonchev–Trinajstić information content (AvgIpc) is 3.29. The number of nitrogens with one attached hydrogen (secondary N) is 1. The van der Waals surface area contributed by atoms with Gasteiger partial charge in [0, 0.05) is 11.1 Å². The summed E-state index contributed by atoms with van der Waals surface area (Å²) >= 11 is 1.51. The summed E-state index contributed by atoms with van der Waals surface area (Å²) < 4.78 is 1.93. The molecule has 4 rings (SSSR count). The van der Waals surface area contributed by atoms with E-state index < -0.39 is 0 Å². The predicted octanol–water partition coefficient (Wildman–Crippen LogP) is 5.10. The van der Waals surface area contributed by atoms with Crippen LogP contribution < -0.4 is 5.32 Å². The van der Waals surface area contributed by atoms with Gasteiger partial charge in [0.25, 0.3) is 0 Å². The fourth-order valence-corrected chi connectivity index (χ4v) is 3.86. The SMILES string of the molecule is CC(C)(C)c1ccccc1NC(=O)Cn1c(-c2cscn2)nc2ccccc21. The molecule has 2 aromatic heterocycles. The molecule has 0 spiro atoms. The van der Waals surface area contributed by atoms with Crippen molar-refractivity contribution in [2.75, 3.05) is 5.32 Å². The highest BCUT2D eigenvalue weighted by Gasteiger charge is 2.20. The molecule has 0 fully saturated rings. The number of thiazole rings is 1. The Balaban J connectivity index is 1.68. The van der Waals surface area contributed by atoms with Crippen LogP contribution in [0.3, 0.4) is 0 Å². The van der Waals surface area contributed by atoms with Crippen LogP contribution in [0.25, 0.3) is 22.6 Å². The third-order valence-corrected chi connectivity index (χ3v) is 5.21. The Kier molecular flexibility index (Phi) is 4.73. The summed E-state index contributed by atoms with van der Waals surface area (Å²) in [4.78, 5) is 22.0. The van der Waals surface area contributed by atoms with Gasteiger partial charge in [-0.15, -0.1) is 11.3 Å². The monoisotopic (exact) mass is 390 g/mol. The van der Waals surface area contributed by atoms with Crippen molar-refractivity contribution in [1.82, 2.24) is 14.5 Å². The molecule has 6 heteroatoms. The van der Waals surface area contributed by atoms with Crippen molar-refractivity contribution < 1.29 is 4.79 Å². The molecule has 1 amide bonds. The average molecular weight is 391 g/mol. The highest BCUT2D eigenvalue weighted by Crippen LogP contribution is 2.30. The molecular weight excluding hydrogens is 368 g/mol. The second-order valence-corrected chi connectivity index (χ2v) is 8.45. The number of anilines is 1. The van der Waals surface area contributed by atoms with Crippen molar-refractivity contribution in [2.45, 2.75) is 32.7 Å². The number of carbonyl (C=O) groups is 1. The number of benzene rings is 2. The molecule has 142 valence electrons. The molecule has 0 unspecified atom stereocenters. The Morgan fingerprint density at radius 3 is 2.61 bits per heavy atom. The molecule has 28 heavy (non-hydrogen) atoms. The number of amides is 1. The van der Waals surface area contributed by atoms with Gasteiger partial charge in [-0.3, -0.25) is 4.79 Å². The predicted molar refractivity (Wildman–Crippen MR) is 115 cm³/mol. The Labute approximate surface area is 168 Å². The number of hydrogen-bond donors (Lipinski definition) is 1.